The van der Waals surface area contributed by atoms with Gasteiger partial charge in [0.15, 0.2) is 0 Å². The van der Waals surface area contributed by atoms with Crippen LogP contribution >= 0.6 is 0 Å². The summed E-state index contributed by atoms with van der Waals surface area (Å²) in [6.45, 7) is 5.23. The smallest absolute Gasteiger partial charge is 0.130 e. The Morgan fingerprint density at radius 3 is 2.19 bits per heavy atom. The number of hydrogen-bond acceptors (Lipinski definition) is 3. The van der Waals surface area contributed by atoms with Crippen molar-refractivity contribution in [1.82, 2.24) is 5.32 Å². The first kappa shape index (κ1) is 15.4. The van der Waals surface area contributed by atoms with E-state index in [9.17, 15) is 0 Å². The van der Waals surface area contributed by atoms with E-state index < -0.39 is 0 Å². The molecule has 2 aromatic carbocycles. The SMILES string of the molecule is CCNC(C)c1cccc(-c2c(OC)cccc2OC)c1. The van der Waals surface area contributed by atoms with Crippen molar-refractivity contribution in [3.8, 4) is 22.6 Å². The van der Waals surface area contributed by atoms with Gasteiger partial charge in [0.1, 0.15) is 11.5 Å². The molecule has 1 N–H and O–H groups in total. The second-order valence-electron chi connectivity index (χ2n) is 4.94. The van der Waals surface area contributed by atoms with Gasteiger partial charge in [-0.05, 0) is 42.8 Å². The van der Waals surface area contributed by atoms with E-state index in [0.717, 1.165) is 29.2 Å². The van der Waals surface area contributed by atoms with Crippen LogP contribution in [0.2, 0.25) is 0 Å². The zero-order valence-corrected chi connectivity index (χ0v) is 13.1. The molecule has 3 nitrogen and oxygen atoms in total. The largest absolute Gasteiger partial charge is 0.496 e. The summed E-state index contributed by atoms with van der Waals surface area (Å²) < 4.78 is 11.0. The van der Waals surface area contributed by atoms with E-state index in [4.69, 9.17) is 9.47 Å². The topological polar surface area (TPSA) is 30.5 Å². The summed E-state index contributed by atoms with van der Waals surface area (Å²) in [5.74, 6) is 1.64. The fraction of sp³-hybridized carbons (Fsp3) is 0.333. The van der Waals surface area contributed by atoms with Crippen LogP contribution in [0.15, 0.2) is 42.5 Å². The first-order valence-electron chi connectivity index (χ1n) is 7.26. The molecule has 0 heterocycles. The summed E-state index contributed by atoms with van der Waals surface area (Å²) in [6, 6.07) is 14.7. The van der Waals surface area contributed by atoms with Crippen LogP contribution in [0.3, 0.4) is 0 Å². The minimum atomic E-state index is 0.315. The van der Waals surface area contributed by atoms with E-state index in [1.54, 1.807) is 14.2 Å². The van der Waals surface area contributed by atoms with Gasteiger partial charge in [-0.2, -0.15) is 0 Å². The predicted octanol–water partition coefficient (Wildman–Crippen LogP) is 4.04. The van der Waals surface area contributed by atoms with Gasteiger partial charge in [-0.25, -0.2) is 0 Å². The highest BCUT2D eigenvalue weighted by atomic mass is 16.5. The molecule has 2 aromatic rings. The summed E-state index contributed by atoms with van der Waals surface area (Å²) in [6.07, 6.45) is 0. The second-order valence-corrected chi connectivity index (χ2v) is 4.94. The maximum Gasteiger partial charge on any atom is 0.130 e. The molecule has 0 amide bonds. The van der Waals surface area contributed by atoms with Gasteiger partial charge in [-0.3, -0.25) is 0 Å². The maximum absolute atomic E-state index is 5.49. The molecule has 0 fully saturated rings. The molecule has 112 valence electrons. The van der Waals surface area contributed by atoms with Gasteiger partial charge >= 0.3 is 0 Å². The van der Waals surface area contributed by atoms with Gasteiger partial charge in [0.2, 0.25) is 0 Å². The summed E-state index contributed by atoms with van der Waals surface area (Å²) in [5.41, 5.74) is 3.35. The van der Waals surface area contributed by atoms with Gasteiger partial charge in [0, 0.05) is 6.04 Å². The third kappa shape index (κ3) is 3.37. The van der Waals surface area contributed by atoms with Crippen molar-refractivity contribution >= 4 is 0 Å². The Kier molecular flexibility index (Phi) is 5.23. The Balaban J connectivity index is 2.49. The molecule has 0 spiro atoms. The number of ether oxygens (including phenoxy) is 2. The number of hydrogen-bond donors (Lipinski definition) is 1. The first-order chi connectivity index (χ1) is 10.2. The van der Waals surface area contributed by atoms with E-state index in [1.807, 2.05) is 18.2 Å². The Labute approximate surface area is 126 Å². The van der Waals surface area contributed by atoms with Crippen molar-refractivity contribution in [1.29, 1.82) is 0 Å². The lowest BCUT2D eigenvalue weighted by atomic mass is 9.98. The molecule has 0 bridgehead atoms. The van der Waals surface area contributed by atoms with E-state index in [0.29, 0.717) is 6.04 Å². The molecule has 0 aromatic heterocycles. The van der Waals surface area contributed by atoms with E-state index in [1.165, 1.54) is 5.56 Å². The van der Waals surface area contributed by atoms with Crippen LogP contribution in [0.25, 0.3) is 11.1 Å². The molecule has 0 aliphatic heterocycles. The second kappa shape index (κ2) is 7.14. The summed E-state index contributed by atoms with van der Waals surface area (Å²) >= 11 is 0. The highest BCUT2D eigenvalue weighted by Crippen LogP contribution is 2.38. The summed E-state index contributed by atoms with van der Waals surface area (Å²) in [5, 5.41) is 3.44. The third-order valence-electron chi connectivity index (χ3n) is 3.61. The van der Waals surface area contributed by atoms with Crippen LogP contribution in [-0.4, -0.2) is 20.8 Å². The van der Waals surface area contributed by atoms with Crippen molar-refractivity contribution in [3.05, 3.63) is 48.0 Å². The van der Waals surface area contributed by atoms with Gasteiger partial charge in [-0.15, -0.1) is 0 Å². The molecule has 2 rings (SSSR count). The normalized spacial score (nSPS) is 12.0. The molecular formula is C18H23NO2. The van der Waals surface area contributed by atoms with Crippen molar-refractivity contribution in [3.63, 3.8) is 0 Å². The minimum Gasteiger partial charge on any atom is -0.496 e. The molecule has 3 heteroatoms. The molecule has 0 saturated carbocycles. The lowest BCUT2D eigenvalue weighted by Gasteiger charge is -2.16. The summed E-state index contributed by atoms with van der Waals surface area (Å²) in [7, 11) is 3.37. The molecule has 0 aliphatic carbocycles. The van der Waals surface area contributed by atoms with Crippen molar-refractivity contribution < 1.29 is 9.47 Å². The van der Waals surface area contributed by atoms with Crippen LogP contribution in [0, 0.1) is 0 Å². The number of nitrogens with one attached hydrogen (secondary N) is 1. The van der Waals surface area contributed by atoms with Crippen LogP contribution in [-0.2, 0) is 0 Å². The fourth-order valence-corrected chi connectivity index (χ4v) is 2.52. The fourth-order valence-electron chi connectivity index (χ4n) is 2.52. The molecule has 0 aliphatic rings. The Hall–Kier alpha value is -2.00. The van der Waals surface area contributed by atoms with Crippen LogP contribution in [0.5, 0.6) is 11.5 Å². The summed E-state index contributed by atoms with van der Waals surface area (Å²) in [4.78, 5) is 0. The molecule has 1 unspecified atom stereocenters. The third-order valence-corrected chi connectivity index (χ3v) is 3.61. The van der Waals surface area contributed by atoms with Crippen molar-refractivity contribution in [2.75, 3.05) is 20.8 Å². The van der Waals surface area contributed by atoms with Gasteiger partial charge < -0.3 is 14.8 Å². The lowest BCUT2D eigenvalue weighted by Crippen LogP contribution is -2.17. The average molecular weight is 285 g/mol. The van der Waals surface area contributed by atoms with Crippen LogP contribution < -0.4 is 14.8 Å². The maximum atomic E-state index is 5.49. The lowest BCUT2D eigenvalue weighted by molar-refractivity contribution is 0.397. The van der Waals surface area contributed by atoms with Gasteiger partial charge in [0.05, 0.1) is 19.8 Å². The number of benzene rings is 2. The van der Waals surface area contributed by atoms with Crippen molar-refractivity contribution in [2.24, 2.45) is 0 Å². The monoisotopic (exact) mass is 285 g/mol. The van der Waals surface area contributed by atoms with Crippen molar-refractivity contribution in [2.45, 2.75) is 19.9 Å². The zero-order chi connectivity index (χ0) is 15.2. The van der Waals surface area contributed by atoms with Crippen LogP contribution in [0.4, 0.5) is 0 Å². The minimum absolute atomic E-state index is 0.315. The predicted molar refractivity (Wildman–Crippen MR) is 87.1 cm³/mol. The molecular weight excluding hydrogens is 262 g/mol. The standard InChI is InChI=1S/C18H23NO2/c1-5-19-13(2)14-8-6-9-15(12-14)18-16(20-3)10-7-11-17(18)21-4/h6-13,19H,5H2,1-4H3. The molecule has 21 heavy (non-hydrogen) atoms. The molecule has 0 saturated heterocycles. The Morgan fingerprint density at radius 2 is 1.62 bits per heavy atom. The number of rotatable bonds is 6. The van der Waals surface area contributed by atoms with Gasteiger partial charge in [-0.1, -0.05) is 31.2 Å². The molecule has 0 radical (unpaired) electrons. The average Bonchev–Trinajstić information content (AvgIpc) is 2.54. The first-order valence-corrected chi connectivity index (χ1v) is 7.26. The zero-order valence-electron chi connectivity index (χ0n) is 13.1. The Morgan fingerprint density at radius 1 is 1.00 bits per heavy atom. The van der Waals surface area contributed by atoms with E-state index in [2.05, 4.69) is 43.4 Å². The quantitative estimate of drug-likeness (QED) is 0.869. The molecule has 1 atom stereocenters. The van der Waals surface area contributed by atoms with Gasteiger partial charge in [0.25, 0.3) is 0 Å². The number of methoxy groups -OCH3 is 2. The van der Waals surface area contributed by atoms with E-state index >= 15 is 0 Å². The van der Waals surface area contributed by atoms with E-state index in [-0.39, 0.29) is 0 Å². The van der Waals surface area contributed by atoms with Crippen LogP contribution in [0.1, 0.15) is 25.5 Å². The Bertz CT molecular complexity index is 573. The highest BCUT2D eigenvalue weighted by Gasteiger charge is 2.13. The highest BCUT2D eigenvalue weighted by molar-refractivity contribution is 5.77.